The van der Waals surface area contributed by atoms with E-state index in [1.54, 1.807) is 0 Å². The Morgan fingerprint density at radius 3 is 2.94 bits per heavy atom. The third-order valence-electron chi connectivity index (χ3n) is 3.95. The van der Waals surface area contributed by atoms with Crippen molar-refractivity contribution >= 4 is 17.4 Å². The lowest BCUT2D eigenvalue weighted by Gasteiger charge is -2.24. The van der Waals surface area contributed by atoms with Gasteiger partial charge in [0.25, 0.3) is 0 Å². The fraction of sp³-hybridized carbons (Fsp3) is 0.533. The fourth-order valence-corrected chi connectivity index (χ4v) is 3.04. The third kappa shape index (κ3) is 2.39. The largest absolute Gasteiger partial charge is 0.493 e. The molecule has 1 aliphatic heterocycles. The van der Waals surface area contributed by atoms with Gasteiger partial charge < -0.3 is 4.74 Å². The third-order valence-corrected chi connectivity index (χ3v) is 4.17. The molecule has 18 heavy (non-hydrogen) atoms. The van der Waals surface area contributed by atoms with Crippen LogP contribution in [-0.2, 0) is 17.6 Å². The van der Waals surface area contributed by atoms with Crippen molar-refractivity contribution in [3.63, 3.8) is 0 Å². The molecule has 1 aromatic rings. The summed E-state index contributed by atoms with van der Waals surface area (Å²) >= 11 is 6.09. The van der Waals surface area contributed by atoms with Crippen LogP contribution in [0, 0.1) is 5.92 Å². The Kier molecular flexibility index (Phi) is 3.29. The lowest BCUT2D eigenvalue weighted by Crippen LogP contribution is -2.17. The van der Waals surface area contributed by atoms with Crippen molar-refractivity contribution in [2.45, 2.75) is 38.5 Å². The van der Waals surface area contributed by atoms with Crippen molar-refractivity contribution in [1.82, 2.24) is 0 Å². The number of ether oxygens (including phenoxy) is 1. The van der Waals surface area contributed by atoms with Crippen molar-refractivity contribution in [1.29, 1.82) is 0 Å². The smallest absolute Gasteiger partial charge is 0.137 e. The van der Waals surface area contributed by atoms with Crippen LogP contribution < -0.4 is 4.74 Å². The van der Waals surface area contributed by atoms with Crippen LogP contribution in [0.2, 0.25) is 5.02 Å². The van der Waals surface area contributed by atoms with E-state index in [2.05, 4.69) is 0 Å². The number of hydrogen-bond acceptors (Lipinski definition) is 2. The van der Waals surface area contributed by atoms with E-state index in [9.17, 15) is 4.79 Å². The number of carbonyl (C=O) groups excluding carboxylic acids is 1. The highest BCUT2D eigenvalue weighted by Gasteiger charge is 2.23. The SMILES string of the molecule is O=C(Cc1cc(Cl)cc2c1OCC2)CC1CCC1. The highest BCUT2D eigenvalue weighted by atomic mass is 35.5. The minimum absolute atomic E-state index is 0.319. The molecule has 1 fully saturated rings. The van der Waals surface area contributed by atoms with Crippen LogP contribution in [0.25, 0.3) is 0 Å². The molecule has 0 bridgehead atoms. The molecule has 0 atom stereocenters. The molecule has 0 unspecified atom stereocenters. The molecule has 2 aliphatic rings. The normalized spacial score (nSPS) is 18.1. The number of rotatable bonds is 4. The molecule has 3 heteroatoms. The monoisotopic (exact) mass is 264 g/mol. The topological polar surface area (TPSA) is 26.3 Å². The van der Waals surface area contributed by atoms with Gasteiger partial charge in [-0.3, -0.25) is 4.79 Å². The molecule has 1 heterocycles. The number of Topliss-reactive ketones (excluding diaryl/α,β-unsaturated/α-hetero) is 1. The van der Waals surface area contributed by atoms with Gasteiger partial charge in [0.05, 0.1) is 6.61 Å². The Hall–Kier alpha value is -1.02. The summed E-state index contributed by atoms with van der Waals surface area (Å²) in [5.41, 5.74) is 2.12. The first-order valence-corrected chi connectivity index (χ1v) is 7.06. The van der Waals surface area contributed by atoms with Crippen LogP contribution in [-0.4, -0.2) is 12.4 Å². The van der Waals surface area contributed by atoms with E-state index in [1.165, 1.54) is 19.3 Å². The number of fused-ring (bicyclic) bond motifs is 1. The molecular weight excluding hydrogens is 248 g/mol. The van der Waals surface area contributed by atoms with E-state index in [4.69, 9.17) is 16.3 Å². The van der Waals surface area contributed by atoms with Gasteiger partial charge in [0.15, 0.2) is 0 Å². The molecular formula is C15H17ClO2. The molecule has 1 aliphatic carbocycles. The van der Waals surface area contributed by atoms with E-state index in [-0.39, 0.29) is 0 Å². The Balaban J connectivity index is 1.73. The highest BCUT2D eigenvalue weighted by Crippen LogP contribution is 2.34. The molecule has 0 amide bonds. The Bertz CT molecular complexity index is 478. The van der Waals surface area contributed by atoms with Gasteiger partial charge in [0.2, 0.25) is 0 Å². The zero-order chi connectivity index (χ0) is 12.5. The number of hydrogen-bond donors (Lipinski definition) is 0. The summed E-state index contributed by atoms with van der Waals surface area (Å²) < 4.78 is 5.62. The summed E-state index contributed by atoms with van der Waals surface area (Å²) in [7, 11) is 0. The first kappa shape index (κ1) is 12.0. The van der Waals surface area contributed by atoms with E-state index in [0.29, 0.717) is 29.8 Å². The molecule has 3 rings (SSSR count). The van der Waals surface area contributed by atoms with Crippen molar-refractivity contribution in [2.24, 2.45) is 5.92 Å². The Labute approximate surface area is 112 Å². The van der Waals surface area contributed by atoms with Crippen molar-refractivity contribution in [3.8, 4) is 5.75 Å². The number of halogens is 1. The van der Waals surface area contributed by atoms with Crippen LogP contribution in [0.1, 0.15) is 36.8 Å². The number of ketones is 1. The maximum absolute atomic E-state index is 12.0. The molecule has 1 saturated carbocycles. The standard InChI is InChI=1S/C15H17ClO2/c16-13-7-11-4-5-18-15(11)12(8-13)9-14(17)6-10-2-1-3-10/h7-8,10H,1-6,9H2. The maximum Gasteiger partial charge on any atom is 0.137 e. The van der Waals surface area contributed by atoms with Gasteiger partial charge in [-0.05, 0) is 23.6 Å². The lowest BCUT2D eigenvalue weighted by atomic mass is 9.81. The molecule has 1 aromatic carbocycles. The van der Waals surface area contributed by atoms with Crippen LogP contribution in [0.15, 0.2) is 12.1 Å². The van der Waals surface area contributed by atoms with Gasteiger partial charge in [-0.25, -0.2) is 0 Å². The predicted octanol–water partition coefficient (Wildman–Crippen LogP) is 3.58. The summed E-state index contributed by atoms with van der Waals surface area (Å²) in [5.74, 6) is 1.85. The zero-order valence-corrected chi connectivity index (χ0v) is 11.1. The molecule has 96 valence electrons. The van der Waals surface area contributed by atoms with Gasteiger partial charge in [-0.15, -0.1) is 0 Å². The summed E-state index contributed by atoms with van der Waals surface area (Å²) in [6, 6.07) is 3.83. The zero-order valence-electron chi connectivity index (χ0n) is 10.4. The quantitative estimate of drug-likeness (QED) is 0.831. The van der Waals surface area contributed by atoms with E-state index < -0.39 is 0 Å². The van der Waals surface area contributed by atoms with Gasteiger partial charge in [-0.2, -0.15) is 0 Å². The lowest BCUT2D eigenvalue weighted by molar-refractivity contribution is -0.119. The van der Waals surface area contributed by atoms with Gasteiger partial charge in [0, 0.05) is 29.8 Å². The van der Waals surface area contributed by atoms with Crippen LogP contribution in [0.4, 0.5) is 0 Å². The van der Waals surface area contributed by atoms with Crippen LogP contribution >= 0.6 is 11.6 Å². The predicted molar refractivity (Wildman–Crippen MR) is 71.3 cm³/mol. The second-order valence-electron chi connectivity index (χ2n) is 5.37. The van der Waals surface area contributed by atoms with E-state index >= 15 is 0 Å². The molecule has 0 N–H and O–H groups in total. The maximum atomic E-state index is 12.0. The minimum atomic E-state index is 0.319. The number of carbonyl (C=O) groups is 1. The summed E-state index contributed by atoms with van der Waals surface area (Å²) in [6.07, 6.45) is 5.82. The van der Waals surface area contributed by atoms with E-state index in [0.717, 1.165) is 29.7 Å². The van der Waals surface area contributed by atoms with Gasteiger partial charge in [0.1, 0.15) is 11.5 Å². The second kappa shape index (κ2) is 4.93. The minimum Gasteiger partial charge on any atom is -0.493 e. The molecule has 0 radical (unpaired) electrons. The molecule has 2 nitrogen and oxygen atoms in total. The molecule has 0 aromatic heterocycles. The van der Waals surface area contributed by atoms with Crippen LogP contribution in [0.5, 0.6) is 5.75 Å². The van der Waals surface area contributed by atoms with Gasteiger partial charge >= 0.3 is 0 Å². The molecule has 0 spiro atoms. The van der Waals surface area contributed by atoms with Crippen molar-refractivity contribution in [3.05, 3.63) is 28.3 Å². The summed E-state index contributed by atoms with van der Waals surface area (Å²) in [4.78, 5) is 12.0. The highest BCUT2D eigenvalue weighted by molar-refractivity contribution is 6.30. The average Bonchev–Trinajstić information content (AvgIpc) is 2.71. The first-order chi connectivity index (χ1) is 8.72. The van der Waals surface area contributed by atoms with Crippen molar-refractivity contribution in [2.75, 3.05) is 6.61 Å². The fourth-order valence-electron chi connectivity index (χ4n) is 2.78. The molecule has 0 saturated heterocycles. The van der Waals surface area contributed by atoms with Crippen molar-refractivity contribution < 1.29 is 9.53 Å². The summed E-state index contributed by atoms with van der Waals surface area (Å²) in [5, 5.41) is 0.714. The number of benzene rings is 1. The summed E-state index contributed by atoms with van der Waals surface area (Å²) in [6.45, 7) is 0.708. The van der Waals surface area contributed by atoms with Gasteiger partial charge in [-0.1, -0.05) is 30.9 Å². The first-order valence-electron chi connectivity index (χ1n) is 6.68. The van der Waals surface area contributed by atoms with E-state index in [1.807, 2.05) is 12.1 Å². The Morgan fingerprint density at radius 2 is 2.22 bits per heavy atom. The second-order valence-corrected chi connectivity index (χ2v) is 5.80. The van der Waals surface area contributed by atoms with Crippen LogP contribution in [0.3, 0.4) is 0 Å². The Morgan fingerprint density at radius 1 is 1.39 bits per heavy atom. The average molecular weight is 265 g/mol.